The third kappa shape index (κ3) is 6.45. The quantitative estimate of drug-likeness (QED) is 0.686. The van der Waals surface area contributed by atoms with Crippen LogP contribution in [0.25, 0.3) is 0 Å². The van der Waals surface area contributed by atoms with Crippen LogP contribution in [0.4, 0.5) is 17.8 Å². The monoisotopic (exact) mass is 336 g/mol. The zero-order chi connectivity index (χ0) is 17.4. The molecule has 0 bridgehead atoms. The molecule has 0 saturated carbocycles. The topological polar surface area (TPSA) is 72.5 Å². The largest absolute Gasteiger partial charge is 0.353 e. The van der Waals surface area contributed by atoms with Gasteiger partial charge in [-0.15, -0.1) is 0 Å². The lowest BCUT2D eigenvalue weighted by Crippen LogP contribution is -2.32. The van der Waals surface area contributed by atoms with Gasteiger partial charge in [0, 0.05) is 39.3 Å². The Morgan fingerprint density at radius 1 is 0.792 bits per heavy atom. The fourth-order valence-corrected chi connectivity index (χ4v) is 2.54. The zero-order valence-electron chi connectivity index (χ0n) is 15.5. The molecular formula is C16H32N8. The van der Waals surface area contributed by atoms with Crippen LogP contribution in [0.15, 0.2) is 0 Å². The van der Waals surface area contributed by atoms with E-state index in [0.717, 1.165) is 45.2 Å². The van der Waals surface area contributed by atoms with E-state index in [-0.39, 0.29) is 0 Å². The Hall–Kier alpha value is -1.67. The zero-order valence-corrected chi connectivity index (χ0v) is 15.5. The number of nitrogens with zero attached hydrogens (tertiary/aromatic N) is 6. The van der Waals surface area contributed by atoms with Crippen LogP contribution in [-0.2, 0) is 0 Å². The first-order valence-electron chi connectivity index (χ1n) is 8.83. The minimum absolute atomic E-state index is 0.653. The molecule has 1 fully saturated rings. The van der Waals surface area contributed by atoms with Crippen molar-refractivity contribution in [3.8, 4) is 0 Å². The summed E-state index contributed by atoms with van der Waals surface area (Å²) >= 11 is 0. The molecule has 2 heterocycles. The molecule has 136 valence electrons. The van der Waals surface area contributed by atoms with Crippen LogP contribution < -0.4 is 15.5 Å². The van der Waals surface area contributed by atoms with Gasteiger partial charge in [-0.3, -0.25) is 0 Å². The third-order valence-electron chi connectivity index (χ3n) is 3.95. The van der Waals surface area contributed by atoms with Gasteiger partial charge in [-0.2, -0.15) is 15.0 Å². The SMILES string of the molecule is CN(C)CCNc1nc(NCCN(C)C)nc(N2CCCCC2)n1. The van der Waals surface area contributed by atoms with E-state index in [0.29, 0.717) is 11.9 Å². The molecule has 8 nitrogen and oxygen atoms in total. The number of piperidine rings is 1. The van der Waals surface area contributed by atoms with E-state index >= 15 is 0 Å². The van der Waals surface area contributed by atoms with Crippen molar-refractivity contribution in [3.05, 3.63) is 0 Å². The molecule has 1 aromatic rings. The molecule has 8 heteroatoms. The van der Waals surface area contributed by atoms with E-state index in [4.69, 9.17) is 0 Å². The fourth-order valence-electron chi connectivity index (χ4n) is 2.54. The van der Waals surface area contributed by atoms with Gasteiger partial charge in [-0.1, -0.05) is 0 Å². The number of likely N-dealkylation sites (N-methyl/N-ethyl adjacent to an activating group) is 2. The summed E-state index contributed by atoms with van der Waals surface area (Å²) < 4.78 is 0. The molecule has 0 radical (unpaired) electrons. The van der Waals surface area contributed by atoms with Crippen molar-refractivity contribution in [2.24, 2.45) is 0 Å². The molecule has 0 unspecified atom stereocenters. The van der Waals surface area contributed by atoms with Crippen LogP contribution in [0.2, 0.25) is 0 Å². The number of nitrogens with one attached hydrogen (secondary N) is 2. The van der Waals surface area contributed by atoms with Crippen molar-refractivity contribution < 1.29 is 0 Å². The van der Waals surface area contributed by atoms with Crippen LogP contribution in [-0.4, -0.2) is 92.2 Å². The molecule has 2 N–H and O–H groups in total. The molecule has 1 aliphatic heterocycles. The average Bonchev–Trinajstić information content (AvgIpc) is 2.55. The average molecular weight is 336 g/mol. The van der Waals surface area contributed by atoms with E-state index in [2.05, 4.69) is 68.5 Å². The summed E-state index contributed by atoms with van der Waals surface area (Å²) in [6.07, 6.45) is 3.71. The molecule has 2 rings (SSSR count). The van der Waals surface area contributed by atoms with Crippen molar-refractivity contribution in [3.63, 3.8) is 0 Å². The first kappa shape index (κ1) is 18.7. The molecular weight excluding hydrogens is 304 g/mol. The highest BCUT2D eigenvalue weighted by atomic mass is 15.3. The van der Waals surface area contributed by atoms with E-state index in [1.165, 1.54) is 19.3 Å². The number of hydrogen-bond acceptors (Lipinski definition) is 8. The molecule has 0 atom stereocenters. The fraction of sp³-hybridized carbons (Fsp3) is 0.812. The Labute approximate surface area is 145 Å². The number of aromatic nitrogens is 3. The summed E-state index contributed by atoms with van der Waals surface area (Å²) in [6.45, 7) is 5.56. The number of hydrogen-bond donors (Lipinski definition) is 2. The highest BCUT2D eigenvalue weighted by Gasteiger charge is 2.16. The Bertz CT molecular complexity index is 453. The lowest BCUT2D eigenvalue weighted by atomic mass is 10.1. The first-order chi connectivity index (χ1) is 11.5. The predicted molar refractivity (Wildman–Crippen MR) is 100.0 cm³/mol. The highest BCUT2D eigenvalue weighted by molar-refractivity contribution is 5.44. The first-order valence-corrected chi connectivity index (χ1v) is 8.83. The van der Waals surface area contributed by atoms with Gasteiger partial charge in [0.1, 0.15) is 0 Å². The van der Waals surface area contributed by atoms with E-state index in [1.807, 2.05) is 0 Å². The second kappa shape index (κ2) is 9.58. The van der Waals surface area contributed by atoms with Gasteiger partial charge < -0.3 is 25.3 Å². The molecule has 0 amide bonds. The second-order valence-corrected chi connectivity index (χ2v) is 6.79. The molecule has 1 saturated heterocycles. The second-order valence-electron chi connectivity index (χ2n) is 6.79. The van der Waals surface area contributed by atoms with Crippen LogP contribution in [0, 0.1) is 0 Å². The van der Waals surface area contributed by atoms with Crippen LogP contribution in [0.3, 0.4) is 0 Å². The molecule has 0 spiro atoms. The Morgan fingerprint density at radius 3 is 1.75 bits per heavy atom. The maximum atomic E-state index is 4.62. The van der Waals surface area contributed by atoms with Crippen molar-refractivity contribution in [2.45, 2.75) is 19.3 Å². The van der Waals surface area contributed by atoms with Crippen molar-refractivity contribution in [1.82, 2.24) is 24.8 Å². The van der Waals surface area contributed by atoms with Gasteiger partial charge in [-0.25, -0.2) is 0 Å². The van der Waals surface area contributed by atoms with Crippen LogP contribution in [0.5, 0.6) is 0 Å². The lowest BCUT2D eigenvalue weighted by molar-refractivity contribution is 0.424. The molecule has 1 aromatic heterocycles. The standard InChI is InChI=1S/C16H32N8/c1-22(2)12-8-17-14-19-15(18-9-13-23(3)4)21-16(20-14)24-10-6-5-7-11-24/h5-13H2,1-4H3,(H2,17,18,19,20,21). The van der Waals surface area contributed by atoms with Crippen molar-refractivity contribution in [2.75, 3.05) is 83.0 Å². The number of rotatable bonds is 9. The predicted octanol–water partition coefficient (Wildman–Crippen LogP) is 0.809. The van der Waals surface area contributed by atoms with Gasteiger partial charge in [0.05, 0.1) is 0 Å². The third-order valence-corrected chi connectivity index (χ3v) is 3.95. The van der Waals surface area contributed by atoms with Gasteiger partial charge in [0.25, 0.3) is 0 Å². The van der Waals surface area contributed by atoms with E-state index in [1.54, 1.807) is 0 Å². The molecule has 0 aromatic carbocycles. The van der Waals surface area contributed by atoms with Crippen molar-refractivity contribution >= 4 is 17.8 Å². The Morgan fingerprint density at radius 2 is 1.29 bits per heavy atom. The summed E-state index contributed by atoms with van der Waals surface area (Å²) in [5, 5.41) is 6.63. The summed E-state index contributed by atoms with van der Waals surface area (Å²) in [5.41, 5.74) is 0. The summed E-state index contributed by atoms with van der Waals surface area (Å²) in [4.78, 5) is 20.3. The minimum atomic E-state index is 0.653. The van der Waals surface area contributed by atoms with Crippen LogP contribution >= 0.6 is 0 Å². The molecule has 1 aliphatic rings. The minimum Gasteiger partial charge on any atom is -0.353 e. The lowest BCUT2D eigenvalue weighted by Gasteiger charge is -2.27. The van der Waals surface area contributed by atoms with Crippen LogP contribution in [0.1, 0.15) is 19.3 Å². The summed E-state index contributed by atoms with van der Waals surface area (Å²) in [5.74, 6) is 2.09. The van der Waals surface area contributed by atoms with Gasteiger partial charge in [0.2, 0.25) is 17.8 Å². The van der Waals surface area contributed by atoms with Gasteiger partial charge >= 0.3 is 0 Å². The van der Waals surface area contributed by atoms with Gasteiger partial charge in [0.15, 0.2) is 0 Å². The molecule has 24 heavy (non-hydrogen) atoms. The maximum Gasteiger partial charge on any atom is 0.231 e. The van der Waals surface area contributed by atoms with Gasteiger partial charge in [-0.05, 0) is 47.5 Å². The van der Waals surface area contributed by atoms with E-state index < -0.39 is 0 Å². The van der Waals surface area contributed by atoms with Crippen molar-refractivity contribution in [1.29, 1.82) is 0 Å². The number of anilines is 3. The molecule has 0 aliphatic carbocycles. The Balaban J connectivity index is 2.06. The smallest absolute Gasteiger partial charge is 0.231 e. The Kier molecular flexibility index (Phi) is 7.45. The van der Waals surface area contributed by atoms with E-state index in [9.17, 15) is 0 Å². The normalized spacial score (nSPS) is 15.2. The summed E-state index contributed by atoms with van der Waals surface area (Å²) in [6, 6.07) is 0. The summed E-state index contributed by atoms with van der Waals surface area (Å²) in [7, 11) is 8.23. The maximum absolute atomic E-state index is 4.62. The highest BCUT2D eigenvalue weighted by Crippen LogP contribution is 2.18.